The lowest BCUT2D eigenvalue weighted by molar-refractivity contribution is 0.187. The fraction of sp³-hybridized carbons (Fsp3) is 0.571. The van der Waals surface area contributed by atoms with Crippen LogP contribution in [0.2, 0.25) is 0 Å². The molecule has 0 aromatic heterocycles. The third-order valence-electron chi connectivity index (χ3n) is 3.65. The van der Waals surface area contributed by atoms with Crippen LogP contribution in [-0.2, 0) is 10.0 Å². The van der Waals surface area contributed by atoms with Crippen LogP contribution in [-0.4, -0.2) is 25.8 Å². The molecule has 1 fully saturated rings. The van der Waals surface area contributed by atoms with Crippen LogP contribution in [0.1, 0.15) is 32.3 Å². The van der Waals surface area contributed by atoms with Crippen LogP contribution < -0.4 is 5.73 Å². The highest BCUT2D eigenvalue weighted by molar-refractivity contribution is 7.89. The van der Waals surface area contributed by atoms with E-state index >= 15 is 0 Å². The van der Waals surface area contributed by atoms with Crippen molar-refractivity contribution in [2.45, 2.75) is 38.5 Å². The molecule has 19 heavy (non-hydrogen) atoms. The minimum atomic E-state index is -3.47. The first-order chi connectivity index (χ1) is 8.72. The Morgan fingerprint density at radius 2 is 2.00 bits per heavy atom. The van der Waals surface area contributed by atoms with Crippen LogP contribution in [0.3, 0.4) is 0 Å². The molecule has 2 rings (SSSR count). The minimum absolute atomic E-state index is 0.0325. The van der Waals surface area contributed by atoms with Crippen molar-refractivity contribution in [2.24, 2.45) is 5.41 Å². The molecule has 4 nitrogen and oxygen atoms in total. The second-order valence-corrected chi connectivity index (χ2v) is 8.05. The molecule has 0 unspecified atom stereocenters. The highest BCUT2D eigenvalue weighted by Crippen LogP contribution is 2.33. The molecular weight excluding hydrogens is 260 g/mol. The monoisotopic (exact) mass is 282 g/mol. The zero-order chi connectivity index (χ0) is 14.3. The molecule has 1 aliphatic rings. The van der Waals surface area contributed by atoms with E-state index in [1.54, 1.807) is 22.5 Å². The van der Waals surface area contributed by atoms with Gasteiger partial charge in [-0.2, -0.15) is 4.31 Å². The Balaban J connectivity index is 2.37. The lowest BCUT2D eigenvalue weighted by Crippen LogP contribution is -2.43. The van der Waals surface area contributed by atoms with E-state index in [0.29, 0.717) is 18.8 Å². The summed E-state index contributed by atoms with van der Waals surface area (Å²) in [5.41, 5.74) is 7.21. The van der Waals surface area contributed by atoms with E-state index in [2.05, 4.69) is 13.8 Å². The first kappa shape index (κ1) is 14.3. The van der Waals surface area contributed by atoms with Crippen molar-refractivity contribution in [2.75, 3.05) is 18.8 Å². The molecule has 0 radical (unpaired) electrons. The SMILES string of the molecule is Cc1ccc(S(=O)(=O)N2CCCC(C)(C)C2)c(N)c1. The highest BCUT2D eigenvalue weighted by Gasteiger charge is 2.34. The van der Waals surface area contributed by atoms with Gasteiger partial charge in [0.15, 0.2) is 0 Å². The molecule has 0 aliphatic carbocycles. The van der Waals surface area contributed by atoms with Crippen LogP contribution in [0, 0.1) is 12.3 Å². The molecule has 2 N–H and O–H groups in total. The van der Waals surface area contributed by atoms with Crippen LogP contribution >= 0.6 is 0 Å². The van der Waals surface area contributed by atoms with Crippen molar-refractivity contribution in [3.8, 4) is 0 Å². The Labute approximate surface area is 115 Å². The van der Waals surface area contributed by atoms with E-state index < -0.39 is 10.0 Å². The topological polar surface area (TPSA) is 63.4 Å². The normalized spacial score (nSPS) is 20.4. The Morgan fingerprint density at radius 3 is 2.58 bits per heavy atom. The average molecular weight is 282 g/mol. The number of nitrogens with zero attached hydrogens (tertiary/aromatic N) is 1. The van der Waals surface area contributed by atoms with E-state index in [4.69, 9.17) is 5.73 Å². The summed E-state index contributed by atoms with van der Waals surface area (Å²) in [5, 5.41) is 0. The highest BCUT2D eigenvalue weighted by atomic mass is 32.2. The number of hydrogen-bond acceptors (Lipinski definition) is 3. The number of sulfonamides is 1. The van der Waals surface area contributed by atoms with Gasteiger partial charge in [-0.1, -0.05) is 19.9 Å². The van der Waals surface area contributed by atoms with Crippen LogP contribution in [0.15, 0.2) is 23.1 Å². The summed E-state index contributed by atoms with van der Waals surface area (Å²) in [5.74, 6) is 0. The molecule has 1 heterocycles. The average Bonchev–Trinajstić information content (AvgIpc) is 2.27. The summed E-state index contributed by atoms with van der Waals surface area (Å²) in [6.07, 6.45) is 1.96. The maximum absolute atomic E-state index is 12.7. The van der Waals surface area contributed by atoms with Crippen LogP contribution in [0.25, 0.3) is 0 Å². The zero-order valence-electron chi connectivity index (χ0n) is 11.8. The van der Waals surface area contributed by atoms with Gasteiger partial charge in [0, 0.05) is 13.1 Å². The number of nitrogens with two attached hydrogens (primary N) is 1. The fourth-order valence-corrected chi connectivity index (χ4v) is 4.38. The summed E-state index contributed by atoms with van der Waals surface area (Å²) in [7, 11) is -3.47. The van der Waals surface area contributed by atoms with E-state index in [9.17, 15) is 8.42 Å². The first-order valence-corrected chi connectivity index (χ1v) is 8.03. The largest absolute Gasteiger partial charge is 0.398 e. The standard InChI is InChI=1S/C14H22N2O2S/c1-11-5-6-13(12(15)9-11)19(17,18)16-8-4-7-14(2,3)10-16/h5-6,9H,4,7-8,10,15H2,1-3H3. The third kappa shape index (κ3) is 2.92. The molecule has 1 aromatic carbocycles. The number of piperidine rings is 1. The number of hydrogen-bond donors (Lipinski definition) is 1. The molecule has 0 spiro atoms. The summed E-state index contributed by atoms with van der Waals surface area (Å²) < 4.78 is 26.9. The Bertz CT molecular complexity index is 579. The van der Waals surface area contributed by atoms with Gasteiger partial charge in [0.25, 0.3) is 0 Å². The molecule has 1 saturated heterocycles. The Morgan fingerprint density at radius 1 is 1.32 bits per heavy atom. The lowest BCUT2D eigenvalue weighted by Gasteiger charge is -2.37. The maximum Gasteiger partial charge on any atom is 0.245 e. The number of benzene rings is 1. The van der Waals surface area contributed by atoms with Gasteiger partial charge < -0.3 is 5.73 Å². The predicted octanol–water partition coefficient (Wildman–Crippen LogP) is 2.39. The minimum Gasteiger partial charge on any atom is -0.398 e. The molecule has 5 heteroatoms. The Kier molecular flexibility index (Phi) is 3.62. The van der Waals surface area contributed by atoms with E-state index in [1.807, 2.05) is 6.92 Å². The lowest BCUT2D eigenvalue weighted by atomic mass is 9.85. The second-order valence-electron chi connectivity index (χ2n) is 6.15. The molecule has 0 amide bonds. The summed E-state index contributed by atoms with van der Waals surface area (Å²) in [6, 6.07) is 5.11. The van der Waals surface area contributed by atoms with Gasteiger partial charge in [-0.25, -0.2) is 8.42 Å². The van der Waals surface area contributed by atoms with Gasteiger partial charge in [0.2, 0.25) is 10.0 Å². The number of anilines is 1. The van der Waals surface area contributed by atoms with E-state index in [-0.39, 0.29) is 10.3 Å². The molecule has 1 aromatic rings. The molecule has 0 saturated carbocycles. The van der Waals surface area contributed by atoms with Gasteiger partial charge in [-0.15, -0.1) is 0 Å². The summed E-state index contributed by atoms with van der Waals surface area (Å²) in [6.45, 7) is 7.25. The smallest absolute Gasteiger partial charge is 0.245 e. The van der Waals surface area contributed by atoms with Crippen LogP contribution in [0.4, 0.5) is 5.69 Å². The summed E-state index contributed by atoms with van der Waals surface area (Å²) >= 11 is 0. The molecule has 0 bridgehead atoms. The van der Waals surface area contributed by atoms with Gasteiger partial charge in [-0.3, -0.25) is 0 Å². The van der Waals surface area contributed by atoms with Gasteiger partial charge in [0.1, 0.15) is 4.90 Å². The second kappa shape index (κ2) is 4.80. The predicted molar refractivity (Wildman–Crippen MR) is 77.4 cm³/mol. The molecule has 106 valence electrons. The quantitative estimate of drug-likeness (QED) is 0.847. The molecule has 1 aliphatic heterocycles. The number of rotatable bonds is 2. The van der Waals surface area contributed by atoms with Crippen molar-refractivity contribution in [1.29, 1.82) is 0 Å². The maximum atomic E-state index is 12.7. The Hall–Kier alpha value is -1.07. The van der Waals surface area contributed by atoms with Gasteiger partial charge >= 0.3 is 0 Å². The van der Waals surface area contributed by atoms with E-state index in [0.717, 1.165) is 18.4 Å². The van der Waals surface area contributed by atoms with Crippen LogP contribution in [0.5, 0.6) is 0 Å². The first-order valence-electron chi connectivity index (χ1n) is 6.59. The fourth-order valence-electron chi connectivity index (χ4n) is 2.62. The molecule has 0 atom stereocenters. The van der Waals surface area contributed by atoms with Crippen molar-refractivity contribution in [3.05, 3.63) is 23.8 Å². The molecular formula is C14H22N2O2S. The summed E-state index contributed by atoms with van der Waals surface area (Å²) in [4.78, 5) is 0.232. The van der Waals surface area contributed by atoms with Gasteiger partial charge in [-0.05, 0) is 42.9 Å². The van der Waals surface area contributed by atoms with Crippen molar-refractivity contribution in [3.63, 3.8) is 0 Å². The zero-order valence-corrected chi connectivity index (χ0v) is 12.6. The van der Waals surface area contributed by atoms with Crippen molar-refractivity contribution >= 4 is 15.7 Å². The van der Waals surface area contributed by atoms with E-state index in [1.165, 1.54) is 0 Å². The van der Waals surface area contributed by atoms with Crippen molar-refractivity contribution < 1.29 is 8.42 Å². The van der Waals surface area contributed by atoms with Crippen molar-refractivity contribution in [1.82, 2.24) is 4.31 Å². The third-order valence-corrected chi connectivity index (χ3v) is 5.57. The number of nitrogen functional groups attached to an aromatic ring is 1. The van der Waals surface area contributed by atoms with Gasteiger partial charge in [0.05, 0.1) is 5.69 Å². The number of aryl methyl sites for hydroxylation is 1.